The maximum absolute atomic E-state index is 13.1. The highest BCUT2D eigenvalue weighted by Gasteiger charge is 2.40. The number of anilines is 1. The topological polar surface area (TPSA) is 169 Å². The zero-order valence-corrected chi connectivity index (χ0v) is 23.5. The van der Waals surface area contributed by atoms with Crippen LogP contribution in [0.25, 0.3) is 0 Å². The molecule has 0 saturated carbocycles. The predicted octanol–water partition coefficient (Wildman–Crippen LogP) is 2.72. The Labute approximate surface area is 235 Å². The Bertz CT molecular complexity index is 1520. The zero-order chi connectivity index (χ0) is 28.8. The highest BCUT2D eigenvalue weighted by molar-refractivity contribution is 7.14. The van der Waals surface area contributed by atoms with Gasteiger partial charge in [0.2, 0.25) is 0 Å². The van der Waals surface area contributed by atoms with E-state index in [1.54, 1.807) is 24.3 Å². The van der Waals surface area contributed by atoms with Gasteiger partial charge in [-0.15, -0.1) is 11.3 Å². The van der Waals surface area contributed by atoms with Gasteiger partial charge < -0.3 is 21.9 Å². The Morgan fingerprint density at radius 2 is 2.10 bits per heavy atom. The van der Waals surface area contributed by atoms with E-state index in [4.69, 9.17) is 11.5 Å². The molecular weight excluding hydrogens is 530 g/mol. The monoisotopic (exact) mass is 563 g/mol. The fourth-order valence-electron chi connectivity index (χ4n) is 5.28. The van der Waals surface area contributed by atoms with Crippen molar-refractivity contribution >= 4 is 46.7 Å². The van der Waals surface area contributed by atoms with Gasteiger partial charge in [0.05, 0.1) is 28.9 Å². The molecule has 0 fully saturated rings. The summed E-state index contributed by atoms with van der Waals surface area (Å²) in [6.45, 7) is 6.29. The number of carbonyl (C=O) groups excluding carboxylic acids is 3. The minimum Gasteiger partial charge on any atom is -0.388 e. The number of carbonyl (C=O) groups is 3. The summed E-state index contributed by atoms with van der Waals surface area (Å²) in [6, 6.07) is 7.71. The van der Waals surface area contributed by atoms with Crippen LogP contribution in [0.1, 0.15) is 74.1 Å². The van der Waals surface area contributed by atoms with Crippen LogP contribution in [0.4, 0.5) is 11.5 Å². The minimum atomic E-state index is -0.797. The molecule has 0 radical (unpaired) electrons. The number of aromatic nitrogens is 2. The molecule has 0 spiro atoms. The molecule has 3 aromatic rings. The summed E-state index contributed by atoms with van der Waals surface area (Å²) in [5.41, 5.74) is 14.6. The number of benzene rings is 1. The second-order valence-corrected chi connectivity index (χ2v) is 12.3. The number of nitrogens with two attached hydrogens (primary N) is 2. The van der Waals surface area contributed by atoms with Crippen LogP contribution >= 0.6 is 11.3 Å². The molecule has 1 aliphatic carbocycles. The second-order valence-electron chi connectivity index (χ2n) is 11.1. The van der Waals surface area contributed by atoms with Crippen molar-refractivity contribution in [2.75, 3.05) is 18.9 Å². The first kappa shape index (κ1) is 27.8. The summed E-state index contributed by atoms with van der Waals surface area (Å²) >= 11 is 1.34. The van der Waals surface area contributed by atoms with E-state index in [-0.39, 0.29) is 29.0 Å². The van der Waals surface area contributed by atoms with Crippen molar-refractivity contribution in [3.05, 3.63) is 62.5 Å². The highest BCUT2D eigenvalue weighted by atomic mass is 32.1. The van der Waals surface area contributed by atoms with Crippen molar-refractivity contribution in [1.82, 2.24) is 14.7 Å². The second kappa shape index (κ2) is 10.7. The Morgan fingerprint density at radius 3 is 2.80 bits per heavy atom. The average Bonchev–Trinajstić information content (AvgIpc) is 3.55. The Kier molecular flexibility index (Phi) is 7.44. The van der Waals surface area contributed by atoms with Crippen molar-refractivity contribution in [3.8, 4) is 0 Å². The number of hydrogen-bond donors (Lipinski definition) is 4. The summed E-state index contributed by atoms with van der Waals surface area (Å²) in [5, 5.41) is 17.9. The van der Waals surface area contributed by atoms with Crippen LogP contribution < -0.4 is 16.8 Å². The number of likely N-dealkylation sites (N-methyl/N-ethyl adjacent to an activating group) is 1. The van der Waals surface area contributed by atoms with Gasteiger partial charge in [-0.1, -0.05) is 26.0 Å². The number of aliphatic imine (C=N–C) groups is 1. The molecule has 2 unspecified atom stereocenters. The summed E-state index contributed by atoms with van der Waals surface area (Å²) in [5.74, 6) is -0.738. The first-order valence-electron chi connectivity index (χ1n) is 13.0. The molecule has 1 aromatic carbocycles. The van der Waals surface area contributed by atoms with E-state index in [9.17, 15) is 19.5 Å². The predicted molar refractivity (Wildman–Crippen MR) is 153 cm³/mol. The molecule has 3 heterocycles. The van der Waals surface area contributed by atoms with Crippen LogP contribution in [0, 0.1) is 5.41 Å². The number of rotatable bonds is 8. The number of aldehydes is 1. The number of amides is 2. The number of thiophene rings is 1. The van der Waals surface area contributed by atoms with E-state index in [0.29, 0.717) is 34.7 Å². The van der Waals surface area contributed by atoms with Gasteiger partial charge in [0.1, 0.15) is 5.71 Å². The lowest BCUT2D eigenvalue weighted by atomic mass is 9.88. The molecule has 210 valence electrons. The van der Waals surface area contributed by atoms with Crippen LogP contribution in [0.15, 0.2) is 35.3 Å². The van der Waals surface area contributed by atoms with Crippen LogP contribution in [0.3, 0.4) is 0 Å². The number of hydrogen-bond acceptors (Lipinski definition) is 9. The number of fused-ring (bicyclic) bond motifs is 2. The van der Waals surface area contributed by atoms with E-state index in [2.05, 4.69) is 20.3 Å². The van der Waals surface area contributed by atoms with Crippen LogP contribution in [0.5, 0.6) is 0 Å². The van der Waals surface area contributed by atoms with Gasteiger partial charge in [0.15, 0.2) is 12.1 Å². The Morgan fingerprint density at radius 1 is 1.32 bits per heavy atom. The maximum Gasteiger partial charge on any atom is 0.265 e. The SMILES string of the molecule is CN1CCn2nc(N=C(CC(N)c3cccc(NC(=O)c4cc5c(s4)CC(C)(C)C5O)c3C=O)C(N)=O)cc2C1. The smallest absolute Gasteiger partial charge is 0.265 e. The van der Waals surface area contributed by atoms with E-state index >= 15 is 0 Å². The fraction of sp³-hybridized carbons (Fsp3) is 0.393. The van der Waals surface area contributed by atoms with Gasteiger partial charge in [0, 0.05) is 42.1 Å². The first-order chi connectivity index (χ1) is 19.0. The standard InChI is InChI=1S/C28H33N7O4S/c1-28(2)12-23-17(25(28)37)10-22(40-23)27(39)32-20-6-4-5-16(18(20)14-36)19(29)11-21(26(30)38)31-24-9-15-13-34(3)7-8-35(15)33-24/h4-6,9-10,14,19,25,37H,7-8,11-13,29H2,1-3H3,(H2,30,38)(H,32,39). The molecule has 1 aliphatic heterocycles. The minimum absolute atomic E-state index is 0.0268. The van der Waals surface area contributed by atoms with Gasteiger partial charge in [-0.3, -0.25) is 24.0 Å². The summed E-state index contributed by atoms with van der Waals surface area (Å²) in [6.07, 6.45) is 0.656. The molecule has 2 aliphatic rings. The third-order valence-corrected chi connectivity index (χ3v) is 8.69. The molecule has 0 bridgehead atoms. The molecule has 2 atom stereocenters. The Balaban J connectivity index is 1.35. The van der Waals surface area contributed by atoms with Crippen LogP contribution in [-0.4, -0.2) is 57.2 Å². The van der Waals surface area contributed by atoms with Crippen molar-refractivity contribution in [2.45, 2.75) is 51.9 Å². The van der Waals surface area contributed by atoms with Crippen molar-refractivity contribution in [3.63, 3.8) is 0 Å². The van der Waals surface area contributed by atoms with E-state index in [1.165, 1.54) is 11.3 Å². The lowest BCUT2D eigenvalue weighted by Crippen LogP contribution is -2.30. The number of aliphatic hydroxyl groups excluding tert-OH is 1. The summed E-state index contributed by atoms with van der Waals surface area (Å²) < 4.78 is 1.86. The van der Waals surface area contributed by atoms with Crippen molar-refractivity contribution < 1.29 is 19.5 Å². The number of primary amides is 1. The van der Waals surface area contributed by atoms with E-state index in [1.807, 2.05) is 31.6 Å². The van der Waals surface area contributed by atoms with Crippen LogP contribution in [-0.2, 0) is 24.3 Å². The number of nitrogens with one attached hydrogen (secondary N) is 1. The quantitative estimate of drug-likeness (QED) is 0.241. The largest absolute Gasteiger partial charge is 0.388 e. The third-order valence-electron chi connectivity index (χ3n) is 7.54. The first-order valence-corrected chi connectivity index (χ1v) is 13.9. The normalized spacial score (nSPS) is 19.1. The average molecular weight is 564 g/mol. The molecule has 40 heavy (non-hydrogen) atoms. The lowest BCUT2D eigenvalue weighted by molar-refractivity contribution is -0.112. The molecule has 11 nitrogen and oxygen atoms in total. The van der Waals surface area contributed by atoms with Gasteiger partial charge in [-0.2, -0.15) is 5.10 Å². The summed E-state index contributed by atoms with van der Waals surface area (Å²) in [4.78, 5) is 45.5. The van der Waals surface area contributed by atoms with Crippen molar-refractivity contribution in [2.24, 2.45) is 21.9 Å². The molecule has 12 heteroatoms. The molecule has 0 saturated heterocycles. The van der Waals surface area contributed by atoms with E-state index in [0.717, 1.165) is 35.8 Å². The molecular formula is C28H33N7O4S. The number of aliphatic hydroxyl groups is 1. The summed E-state index contributed by atoms with van der Waals surface area (Å²) in [7, 11) is 2.02. The van der Waals surface area contributed by atoms with Gasteiger partial charge in [0.25, 0.3) is 11.8 Å². The van der Waals surface area contributed by atoms with Crippen LogP contribution in [0.2, 0.25) is 0 Å². The maximum atomic E-state index is 13.1. The van der Waals surface area contributed by atoms with Gasteiger partial charge in [-0.05, 0) is 42.1 Å². The van der Waals surface area contributed by atoms with Crippen molar-refractivity contribution in [1.29, 1.82) is 0 Å². The highest BCUT2D eigenvalue weighted by Crippen LogP contribution is 2.48. The lowest BCUT2D eigenvalue weighted by Gasteiger charge is -2.22. The van der Waals surface area contributed by atoms with Gasteiger partial charge >= 0.3 is 0 Å². The molecule has 2 aromatic heterocycles. The number of nitrogens with zero attached hydrogens (tertiary/aromatic N) is 4. The molecule has 2 amide bonds. The third kappa shape index (κ3) is 5.35. The van der Waals surface area contributed by atoms with Gasteiger partial charge in [-0.25, -0.2) is 4.99 Å². The fourth-order valence-corrected chi connectivity index (χ4v) is 6.61. The molecule has 5 rings (SSSR count). The van der Waals surface area contributed by atoms with E-state index < -0.39 is 18.1 Å². The molecule has 6 N–H and O–H groups in total. The Hall–Kier alpha value is -3.71. The zero-order valence-electron chi connectivity index (χ0n) is 22.7.